The Bertz CT molecular complexity index is 1050. The van der Waals surface area contributed by atoms with E-state index in [1.165, 1.54) is 276 Å². The number of carbonyl (C=O) groups excluding carboxylic acids is 2. The maximum absolute atomic E-state index is 12.5. The van der Waals surface area contributed by atoms with Crippen molar-refractivity contribution in [3.05, 3.63) is 12.2 Å². The standard InChI is InChI=1S/C64H125NO5/c1-3-5-7-9-11-13-15-17-19-21-22-23-25-28-32-36-40-44-48-52-56-62(67)61(60-66)65-63(68)57-53-49-45-41-37-33-29-26-24-27-31-35-39-43-47-51-55-59-70-64(69)58-54-50-46-42-38-34-30-20-18-16-14-12-10-8-6-4-2/h24,27,61-62,66-67H,3-23,25-26,28-60H2,1-2H3,(H,65,68)/b27-24-. The number of aliphatic hydroxyl groups excluding tert-OH is 2. The molecule has 1 amide bonds. The first-order valence-electron chi connectivity index (χ1n) is 31.9. The summed E-state index contributed by atoms with van der Waals surface area (Å²) in [6.07, 6.45) is 72.2. The number of carbonyl (C=O) groups is 2. The number of rotatable bonds is 60. The summed E-state index contributed by atoms with van der Waals surface area (Å²) in [5.74, 6) is -0.0403. The Morgan fingerprint density at radius 1 is 0.386 bits per heavy atom. The van der Waals surface area contributed by atoms with Crippen LogP contribution in [0.1, 0.15) is 361 Å². The number of aliphatic hydroxyl groups is 2. The van der Waals surface area contributed by atoms with Crippen molar-refractivity contribution in [1.82, 2.24) is 5.32 Å². The fourth-order valence-electron chi connectivity index (χ4n) is 10.2. The summed E-state index contributed by atoms with van der Waals surface area (Å²) in [6, 6.07) is -0.550. The van der Waals surface area contributed by atoms with E-state index in [2.05, 4.69) is 31.3 Å². The molecule has 0 radical (unpaired) electrons. The van der Waals surface area contributed by atoms with Gasteiger partial charge in [-0.25, -0.2) is 0 Å². The van der Waals surface area contributed by atoms with Crippen LogP contribution in [0.4, 0.5) is 0 Å². The SMILES string of the molecule is CCCCCCCCCCCCCCCCCCCCCCC(O)C(CO)NC(=O)CCCCCCCCC/C=C\CCCCCCCCOC(=O)CCCCCCCCCCCCCCCCCC. The lowest BCUT2D eigenvalue weighted by Gasteiger charge is -2.22. The Morgan fingerprint density at radius 2 is 0.671 bits per heavy atom. The average molecular weight is 989 g/mol. The molecule has 0 aromatic carbocycles. The smallest absolute Gasteiger partial charge is 0.305 e. The predicted octanol–water partition coefficient (Wildman–Crippen LogP) is 20.0. The van der Waals surface area contributed by atoms with Crippen molar-refractivity contribution in [1.29, 1.82) is 0 Å². The summed E-state index contributed by atoms with van der Waals surface area (Å²) in [6.45, 7) is 4.97. The molecule has 0 heterocycles. The van der Waals surface area contributed by atoms with Crippen molar-refractivity contribution in [3.8, 4) is 0 Å². The van der Waals surface area contributed by atoms with E-state index in [1.807, 2.05) is 0 Å². The van der Waals surface area contributed by atoms with Crippen LogP contribution in [0.25, 0.3) is 0 Å². The summed E-state index contributed by atoms with van der Waals surface area (Å²) in [5, 5.41) is 23.4. The second kappa shape index (κ2) is 60.2. The Kier molecular flexibility index (Phi) is 59.0. The summed E-state index contributed by atoms with van der Waals surface area (Å²) in [4.78, 5) is 24.6. The van der Waals surface area contributed by atoms with E-state index in [1.54, 1.807) is 0 Å². The minimum Gasteiger partial charge on any atom is -0.466 e. The Balaban J connectivity index is 3.43. The summed E-state index contributed by atoms with van der Waals surface area (Å²) >= 11 is 0. The molecule has 0 spiro atoms. The van der Waals surface area contributed by atoms with Crippen molar-refractivity contribution in [3.63, 3.8) is 0 Å². The maximum Gasteiger partial charge on any atom is 0.305 e. The van der Waals surface area contributed by atoms with Crippen LogP contribution in [0.5, 0.6) is 0 Å². The molecule has 0 aromatic rings. The molecule has 0 bridgehead atoms. The molecule has 0 aromatic heterocycles. The molecule has 2 unspecified atom stereocenters. The monoisotopic (exact) mass is 988 g/mol. The van der Waals surface area contributed by atoms with Crippen molar-refractivity contribution in [2.45, 2.75) is 373 Å². The molecule has 0 saturated heterocycles. The van der Waals surface area contributed by atoms with Gasteiger partial charge in [0.1, 0.15) is 0 Å². The van der Waals surface area contributed by atoms with Gasteiger partial charge in [-0.1, -0.05) is 309 Å². The minimum atomic E-state index is -0.672. The van der Waals surface area contributed by atoms with Gasteiger partial charge in [0.25, 0.3) is 0 Å². The lowest BCUT2D eigenvalue weighted by atomic mass is 10.0. The van der Waals surface area contributed by atoms with Gasteiger partial charge in [0.2, 0.25) is 5.91 Å². The summed E-state index contributed by atoms with van der Waals surface area (Å²) in [7, 11) is 0. The van der Waals surface area contributed by atoms with Crippen LogP contribution in [-0.2, 0) is 14.3 Å². The molecule has 0 saturated carbocycles. The van der Waals surface area contributed by atoms with Crippen LogP contribution in [0.15, 0.2) is 12.2 Å². The van der Waals surface area contributed by atoms with Crippen LogP contribution >= 0.6 is 0 Å². The highest BCUT2D eigenvalue weighted by Gasteiger charge is 2.20. The van der Waals surface area contributed by atoms with E-state index in [9.17, 15) is 19.8 Å². The second-order valence-electron chi connectivity index (χ2n) is 22.1. The molecular weight excluding hydrogens is 863 g/mol. The van der Waals surface area contributed by atoms with Crippen molar-refractivity contribution >= 4 is 11.9 Å². The van der Waals surface area contributed by atoms with Gasteiger partial charge < -0.3 is 20.3 Å². The fourth-order valence-corrected chi connectivity index (χ4v) is 10.2. The van der Waals surface area contributed by atoms with Gasteiger partial charge in [0, 0.05) is 12.8 Å². The van der Waals surface area contributed by atoms with E-state index >= 15 is 0 Å². The van der Waals surface area contributed by atoms with E-state index < -0.39 is 12.1 Å². The van der Waals surface area contributed by atoms with Gasteiger partial charge in [-0.2, -0.15) is 0 Å². The number of allylic oxidation sites excluding steroid dienone is 2. The molecular formula is C64H125NO5. The highest BCUT2D eigenvalue weighted by Crippen LogP contribution is 2.18. The second-order valence-corrected chi connectivity index (χ2v) is 22.1. The zero-order valence-corrected chi connectivity index (χ0v) is 47.5. The molecule has 6 heteroatoms. The number of nitrogens with one attached hydrogen (secondary N) is 1. The fraction of sp³-hybridized carbons (Fsp3) is 0.938. The Labute approximate surface area is 438 Å². The Morgan fingerprint density at radius 3 is 1.01 bits per heavy atom. The third kappa shape index (κ3) is 55.9. The molecule has 0 rings (SSSR count). The third-order valence-electron chi connectivity index (χ3n) is 15.1. The van der Waals surface area contributed by atoms with E-state index in [4.69, 9.17) is 4.74 Å². The molecule has 2 atom stereocenters. The normalized spacial score (nSPS) is 12.6. The van der Waals surface area contributed by atoms with Crippen LogP contribution in [0, 0.1) is 0 Å². The van der Waals surface area contributed by atoms with Gasteiger partial charge in [-0.05, 0) is 51.4 Å². The third-order valence-corrected chi connectivity index (χ3v) is 15.1. The molecule has 0 aliphatic rings. The number of hydrogen-bond donors (Lipinski definition) is 3. The lowest BCUT2D eigenvalue weighted by Crippen LogP contribution is -2.45. The summed E-state index contributed by atoms with van der Waals surface area (Å²) < 4.78 is 5.48. The molecule has 70 heavy (non-hydrogen) atoms. The van der Waals surface area contributed by atoms with Gasteiger partial charge >= 0.3 is 5.97 Å². The minimum absolute atomic E-state index is 0.00273. The lowest BCUT2D eigenvalue weighted by molar-refractivity contribution is -0.143. The average Bonchev–Trinajstić information content (AvgIpc) is 3.36. The van der Waals surface area contributed by atoms with E-state index in [0.29, 0.717) is 25.9 Å². The molecule has 416 valence electrons. The van der Waals surface area contributed by atoms with Crippen LogP contribution < -0.4 is 5.32 Å². The molecule has 0 aliphatic heterocycles. The zero-order valence-electron chi connectivity index (χ0n) is 47.5. The van der Waals surface area contributed by atoms with Crippen LogP contribution in [-0.4, -0.2) is 47.4 Å². The molecule has 3 N–H and O–H groups in total. The number of unbranched alkanes of at least 4 members (excludes halogenated alkanes) is 47. The highest BCUT2D eigenvalue weighted by molar-refractivity contribution is 5.76. The van der Waals surface area contributed by atoms with Gasteiger partial charge in [-0.3, -0.25) is 9.59 Å². The topological polar surface area (TPSA) is 95.9 Å². The Hall–Kier alpha value is -1.40. The maximum atomic E-state index is 12.5. The van der Waals surface area contributed by atoms with Crippen LogP contribution in [0.3, 0.4) is 0 Å². The predicted molar refractivity (Wildman–Crippen MR) is 306 cm³/mol. The highest BCUT2D eigenvalue weighted by atomic mass is 16.5. The number of amides is 1. The first-order chi connectivity index (χ1) is 34.5. The molecule has 6 nitrogen and oxygen atoms in total. The van der Waals surface area contributed by atoms with Gasteiger partial charge in [0.15, 0.2) is 0 Å². The largest absolute Gasteiger partial charge is 0.466 e. The van der Waals surface area contributed by atoms with Crippen LogP contribution in [0.2, 0.25) is 0 Å². The molecule has 0 aliphatic carbocycles. The van der Waals surface area contributed by atoms with Crippen molar-refractivity contribution in [2.24, 2.45) is 0 Å². The van der Waals surface area contributed by atoms with Crippen molar-refractivity contribution in [2.75, 3.05) is 13.2 Å². The zero-order chi connectivity index (χ0) is 50.7. The first kappa shape index (κ1) is 68.6. The number of hydrogen-bond acceptors (Lipinski definition) is 5. The first-order valence-corrected chi connectivity index (χ1v) is 31.9. The number of ether oxygens (including phenoxy) is 1. The van der Waals surface area contributed by atoms with Crippen molar-refractivity contribution < 1.29 is 24.5 Å². The number of esters is 1. The van der Waals surface area contributed by atoms with Gasteiger partial charge in [-0.15, -0.1) is 0 Å². The molecule has 0 fully saturated rings. The summed E-state index contributed by atoms with van der Waals surface area (Å²) in [5.41, 5.74) is 0. The van der Waals surface area contributed by atoms with E-state index in [0.717, 1.165) is 51.4 Å². The quantitative estimate of drug-likeness (QED) is 0.0321. The van der Waals surface area contributed by atoms with E-state index in [-0.39, 0.29) is 18.5 Å². The van der Waals surface area contributed by atoms with Gasteiger partial charge in [0.05, 0.1) is 25.4 Å².